The number of rotatable bonds is 3. The highest BCUT2D eigenvalue weighted by atomic mass is 35.5. The first-order valence-corrected chi connectivity index (χ1v) is 7.85. The Bertz CT molecular complexity index is 708. The van der Waals surface area contributed by atoms with Gasteiger partial charge in [0.25, 0.3) is 5.56 Å². The maximum absolute atomic E-state index is 12.2. The predicted octanol–water partition coefficient (Wildman–Crippen LogP) is 3.83. The van der Waals surface area contributed by atoms with Gasteiger partial charge in [-0.15, -0.1) is 11.8 Å². The fourth-order valence-electron chi connectivity index (χ4n) is 1.76. The smallest absolute Gasteiger partial charge is 0.262 e. The summed E-state index contributed by atoms with van der Waals surface area (Å²) in [6.07, 6.45) is 0. The lowest BCUT2D eigenvalue weighted by atomic mass is 10.1. The van der Waals surface area contributed by atoms with Gasteiger partial charge in [-0.25, -0.2) is 0 Å². The first kappa shape index (κ1) is 15.9. The van der Waals surface area contributed by atoms with Crippen LogP contribution in [0.3, 0.4) is 0 Å². The third-order valence-electron chi connectivity index (χ3n) is 2.70. The van der Waals surface area contributed by atoms with Crippen molar-refractivity contribution in [2.45, 2.75) is 31.3 Å². The lowest BCUT2D eigenvalue weighted by molar-refractivity contribution is 0.451. The molecular weight excluding hydrogens is 308 g/mol. The maximum Gasteiger partial charge on any atom is 0.262 e. The summed E-state index contributed by atoms with van der Waals surface area (Å²) < 4.78 is 0.0554. The fourth-order valence-corrected chi connectivity index (χ4v) is 2.66. The van der Waals surface area contributed by atoms with Crippen LogP contribution in [-0.2, 0) is 5.75 Å². The van der Waals surface area contributed by atoms with Crippen LogP contribution < -0.4 is 5.56 Å². The van der Waals surface area contributed by atoms with E-state index >= 15 is 0 Å². The van der Waals surface area contributed by atoms with E-state index in [0.29, 0.717) is 22.2 Å². The topological polar surface area (TPSA) is 66.0 Å². The summed E-state index contributed by atoms with van der Waals surface area (Å²) in [5, 5.41) is 10.6. The van der Waals surface area contributed by atoms with Crippen LogP contribution in [0.25, 0.3) is 11.1 Å². The Balaban J connectivity index is 2.36. The number of hydrogen-bond donors (Lipinski definition) is 2. The molecule has 0 aliphatic rings. The van der Waals surface area contributed by atoms with E-state index < -0.39 is 0 Å². The van der Waals surface area contributed by atoms with Gasteiger partial charge in [-0.05, 0) is 17.7 Å². The molecule has 1 aromatic carbocycles. The Kier molecular flexibility index (Phi) is 4.64. The Hall–Kier alpha value is -1.46. The quantitative estimate of drug-likeness (QED) is 0.900. The van der Waals surface area contributed by atoms with Crippen molar-refractivity contribution in [3.63, 3.8) is 0 Å². The molecule has 1 heterocycles. The lowest BCUT2D eigenvalue weighted by Crippen LogP contribution is -2.15. The standard InChI is InChI=1S/C15H17ClN2O2S/c1-15(2,3)21-8-11-17-13(19)12(14(20)18-11)9-5-4-6-10(16)7-9/h4-7H,8H2,1-3H3,(H2,17,18,19,20). The number of halogens is 1. The molecule has 0 saturated carbocycles. The number of aromatic hydroxyl groups is 1. The average molecular weight is 325 g/mol. The van der Waals surface area contributed by atoms with E-state index in [2.05, 4.69) is 30.7 Å². The van der Waals surface area contributed by atoms with Crippen molar-refractivity contribution in [1.29, 1.82) is 0 Å². The van der Waals surface area contributed by atoms with Crippen LogP contribution in [0.4, 0.5) is 0 Å². The largest absolute Gasteiger partial charge is 0.493 e. The molecule has 4 nitrogen and oxygen atoms in total. The van der Waals surface area contributed by atoms with Crippen molar-refractivity contribution in [3.8, 4) is 17.0 Å². The summed E-state index contributed by atoms with van der Waals surface area (Å²) in [4.78, 5) is 19.0. The minimum atomic E-state index is -0.366. The van der Waals surface area contributed by atoms with E-state index in [1.54, 1.807) is 36.0 Å². The van der Waals surface area contributed by atoms with E-state index in [1.165, 1.54) is 0 Å². The van der Waals surface area contributed by atoms with Crippen LogP contribution in [0, 0.1) is 0 Å². The molecule has 2 rings (SSSR count). The zero-order valence-electron chi connectivity index (χ0n) is 12.1. The number of benzene rings is 1. The molecule has 0 unspecified atom stereocenters. The molecule has 112 valence electrons. The van der Waals surface area contributed by atoms with Gasteiger partial charge in [-0.1, -0.05) is 44.5 Å². The Labute approximate surface area is 132 Å². The second-order valence-electron chi connectivity index (χ2n) is 5.62. The molecule has 0 radical (unpaired) electrons. The molecule has 0 saturated heterocycles. The Morgan fingerprint density at radius 2 is 2.10 bits per heavy atom. The van der Waals surface area contributed by atoms with Crippen LogP contribution >= 0.6 is 23.4 Å². The first-order valence-electron chi connectivity index (χ1n) is 6.48. The molecule has 21 heavy (non-hydrogen) atoms. The third-order valence-corrected chi connectivity index (χ3v) is 4.22. The minimum absolute atomic E-state index is 0.0554. The first-order chi connectivity index (χ1) is 9.76. The summed E-state index contributed by atoms with van der Waals surface area (Å²) in [5.74, 6) is 0.719. The summed E-state index contributed by atoms with van der Waals surface area (Å²) in [5.41, 5.74) is 0.319. The van der Waals surface area contributed by atoms with Crippen LogP contribution in [-0.4, -0.2) is 19.8 Å². The normalized spacial score (nSPS) is 11.6. The predicted molar refractivity (Wildman–Crippen MR) is 88.0 cm³/mol. The molecule has 1 aromatic heterocycles. The van der Waals surface area contributed by atoms with Crippen LogP contribution in [0.2, 0.25) is 5.02 Å². The van der Waals surface area contributed by atoms with Crippen LogP contribution in [0.5, 0.6) is 5.88 Å². The number of hydrogen-bond acceptors (Lipinski definition) is 4. The summed E-state index contributed by atoms with van der Waals surface area (Å²) in [7, 11) is 0. The zero-order chi connectivity index (χ0) is 15.6. The van der Waals surface area contributed by atoms with Crippen molar-refractivity contribution in [1.82, 2.24) is 9.97 Å². The van der Waals surface area contributed by atoms with Crippen molar-refractivity contribution >= 4 is 23.4 Å². The summed E-state index contributed by atoms with van der Waals surface area (Å²) >= 11 is 7.56. The number of aromatic nitrogens is 2. The second-order valence-corrected chi connectivity index (χ2v) is 7.86. The number of nitrogens with one attached hydrogen (secondary N) is 1. The molecule has 0 atom stereocenters. The molecule has 0 spiro atoms. The van der Waals surface area contributed by atoms with Gasteiger partial charge in [-0.2, -0.15) is 4.98 Å². The van der Waals surface area contributed by atoms with Gasteiger partial charge in [0.2, 0.25) is 5.88 Å². The molecule has 0 aliphatic carbocycles. The molecule has 0 bridgehead atoms. The maximum atomic E-state index is 12.2. The van der Waals surface area contributed by atoms with Crippen molar-refractivity contribution in [2.75, 3.05) is 0 Å². The van der Waals surface area contributed by atoms with Crippen molar-refractivity contribution in [2.24, 2.45) is 0 Å². The molecule has 2 N–H and O–H groups in total. The van der Waals surface area contributed by atoms with E-state index in [0.717, 1.165) is 0 Å². The Morgan fingerprint density at radius 3 is 2.67 bits per heavy atom. The van der Waals surface area contributed by atoms with Gasteiger partial charge in [0, 0.05) is 9.77 Å². The van der Waals surface area contributed by atoms with Crippen LogP contribution in [0.1, 0.15) is 26.6 Å². The monoisotopic (exact) mass is 324 g/mol. The molecule has 2 aromatic rings. The minimum Gasteiger partial charge on any atom is -0.493 e. The number of nitrogens with zero attached hydrogens (tertiary/aromatic N) is 1. The molecule has 6 heteroatoms. The van der Waals surface area contributed by atoms with E-state index in [9.17, 15) is 9.90 Å². The van der Waals surface area contributed by atoms with Gasteiger partial charge in [0.1, 0.15) is 11.4 Å². The van der Waals surface area contributed by atoms with Gasteiger partial charge < -0.3 is 10.1 Å². The molecular formula is C15H17ClN2O2S. The van der Waals surface area contributed by atoms with Gasteiger partial charge in [0.05, 0.1) is 5.75 Å². The van der Waals surface area contributed by atoms with E-state index in [-0.39, 0.29) is 21.7 Å². The second kappa shape index (κ2) is 6.12. The lowest BCUT2D eigenvalue weighted by Gasteiger charge is -2.17. The van der Waals surface area contributed by atoms with Gasteiger partial charge in [0.15, 0.2) is 0 Å². The molecule has 0 fully saturated rings. The highest BCUT2D eigenvalue weighted by Gasteiger charge is 2.16. The highest BCUT2D eigenvalue weighted by molar-refractivity contribution is 7.99. The number of H-pyrrole nitrogens is 1. The average Bonchev–Trinajstić information content (AvgIpc) is 2.35. The van der Waals surface area contributed by atoms with E-state index in [1.807, 2.05) is 0 Å². The number of thioether (sulfide) groups is 1. The summed E-state index contributed by atoms with van der Waals surface area (Å²) in [6.45, 7) is 6.24. The van der Waals surface area contributed by atoms with E-state index in [4.69, 9.17) is 11.6 Å². The fraction of sp³-hybridized carbons (Fsp3) is 0.333. The highest BCUT2D eigenvalue weighted by Crippen LogP contribution is 2.28. The van der Waals surface area contributed by atoms with Gasteiger partial charge in [-0.3, -0.25) is 4.79 Å². The zero-order valence-corrected chi connectivity index (χ0v) is 13.7. The van der Waals surface area contributed by atoms with Crippen LogP contribution in [0.15, 0.2) is 29.1 Å². The van der Waals surface area contributed by atoms with Gasteiger partial charge >= 0.3 is 0 Å². The summed E-state index contributed by atoms with van der Waals surface area (Å²) in [6, 6.07) is 6.76. The van der Waals surface area contributed by atoms with Crippen molar-refractivity contribution in [3.05, 3.63) is 45.5 Å². The Morgan fingerprint density at radius 1 is 1.38 bits per heavy atom. The molecule has 0 amide bonds. The SMILES string of the molecule is CC(C)(C)SCc1nc(O)c(-c2cccc(Cl)c2)c(=O)[nH]1. The van der Waals surface area contributed by atoms with Crippen molar-refractivity contribution < 1.29 is 5.11 Å². The third kappa shape index (κ3) is 4.25. The number of aromatic amines is 1. The molecule has 0 aliphatic heterocycles.